The zero-order valence-electron chi connectivity index (χ0n) is 14.1. The molecule has 0 spiro atoms. The van der Waals surface area contributed by atoms with Gasteiger partial charge in [0.15, 0.2) is 0 Å². The van der Waals surface area contributed by atoms with E-state index in [0.29, 0.717) is 6.42 Å². The topological polar surface area (TPSA) is 41.0 Å². The van der Waals surface area contributed by atoms with E-state index >= 15 is 0 Å². The molecule has 24 heavy (non-hydrogen) atoms. The molecule has 0 bridgehead atoms. The molecule has 1 aliphatic rings. The first-order valence-corrected chi connectivity index (χ1v) is 8.73. The number of alkyl halides is 2. The largest absolute Gasteiger partial charge is 0.326 e. The normalized spacial score (nSPS) is 17.6. The summed E-state index contributed by atoms with van der Waals surface area (Å²) >= 11 is 0. The second-order valence-corrected chi connectivity index (χ2v) is 6.92. The van der Waals surface area contributed by atoms with Crippen LogP contribution in [0.3, 0.4) is 0 Å². The number of halogens is 2. The molecule has 1 aliphatic heterocycles. The summed E-state index contributed by atoms with van der Waals surface area (Å²) in [6.45, 7) is 3.68. The summed E-state index contributed by atoms with van der Waals surface area (Å²) in [7, 11) is 0. The van der Waals surface area contributed by atoms with Crippen molar-refractivity contribution in [1.29, 1.82) is 0 Å². The van der Waals surface area contributed by atoms with E-state index in [2.05, 4.69) is 9.88 Å². The fourth-order valence-electron chi connectivity index (χ4n) is 3.61. The Morgan fingerprint density at radius 2 is 1.92 bits per heavy atom. The highest BCUT2D eigenvalue weighted by Gasteiger charge is 2.24. The van der Waals surface area contributed by atoms with Gasteiger partial charge in [0.1, 0.15) is 0 Å². The van der Waals surface area contributed by atoms with E-state index in [1.807, 2.05) is 28.8 Å². The van der Waals surface area contributed by atoms with Crippen LogP contribution in [-0.2, 0) is 0 Å². The SMILES string of the molecule is CC(F)(F)CCCCN1CCC(n2c(=O)[nH]c3ccccc32)CC1. The number of hydrogen-bond acceptors (Lipinski definition) is 2. The van der Waals surface area contributed by atoms with Crippen LogP contribution in [0, 0.1) is 0 Å². The highest BCUT2D eigenvalue weighted by atomic mass is 19.3. The van der Waals surface area contributed by atoms with Crippen LogP contribution < -0.4 is 5.69 Å². The second kappa shape index (κ2) is 7.05. The first kappa shape index (κ1) is 17.1. The number of benzene rings is 1. The van der Waals surface area contributed by atoms with Gasteiger partial charge in [-0.3, -0.25) is 4.57 Å². The van der Waals surface area contributed by atoms with Gasteiger partial charge in [0.2, 0.25) is 5.92 Å². The molecule has 0 atom stereocenters. The van der Waals surface area contributed by atoms with Gasteiger partial charge in [-0.2, -0.15) is 0 Å². The van der Waals surface area contributed by atoms with Crippen LogP contribution >= 0.6 is 0 Å². The maximum absolute atomic E-state index is 12.8. The number of unbranched alkanes of at least 4 members (excludes halogenated alkanes) is 1. The van der Waals surface area contributed by atoms with Gasteiger partial charge in [-0.15, -0.1) is 0 Å². The molecule has 4 nitrogen and oxygen atoms in total. The van der Waals surface area contributed by atoms with Crippen molar-refractivity contribution in [3.8, 4) is 0 Å². The van der Waals surface area contributed by atoms with E-state index in [4.69, 9.17) is 0 Å². The number of imidazole rings is 1. The summed E-state index contributed by atoms with van der Waals surface area (Å²) in [6.07, 6.45) is 3.18. The zero-order valence-corrected chi connectivity index (χ0v) is 14.1. The van der Waals surface area contributed by atoms with Gasteiger partial charge < -0.3 is 9.88 Å². The summed E-state index contributed by atoms with van der Waals surface area (Å²) in [6, 6.07) is 7.98. The number of hydrogen-bond donors (Lipinski definition) is 1. The van der Waals surface area contributed by atoms with Crippen molar-refractivity contribution in [2.45, 2.75) is 51.0 Å². The van der Waals surface area contributed by atoms with Crippen molar-refractivity contribution in [2.75, 3.05) is 19.6 Å². The molecule has 0 unspecified atom stereocenters. The maximum atomic E-state index is 12.8. The third kappa shape index (κ3) is 4.04. The van der Waals surface area contributed by atoms with E-state index in [-0.39, 0.29) is 18.2 Å². The van der Waals surface area contributed by atoms with E-state index in [0.717, 1.165) is 56.9 Å². The molecule has 1 aromatic heterocycles. The Balaban J connectivity index is 1.53. The lowest BCUT2D eigenvalue weighted by Crippen LogP contribution is -2.37. The smallest absolute Gasteiger partial charge is 0.306 e. The summed E-state index contributed by atoms with van der Waals surface area (Å²) in [5, 5.41) is 0. The maximum Gasteiger partial charge on any atom is 0.326 e. The first-order valence-electron chi connectivity index (χ1n) is 8.73. The number of piperidine rings is 1. The molecule has 1 aromatic carbocycles. The molecule has 6 heteroatoms. The Kier molecular flexibility index (Phi) is 5.04. The average molecular weight is 337 g/mol. The molecule has 1 fully saturated rings. The van der Waals surface area contributed by atoms with Crippen LogP contribution in [0.2, 0.25) is 0 Å². The number of fused-ring (bicyclic) bond motifs is 1. The summed E-state index contributed by atoms with van der Waals surface area (Å²) in [4.78, 5) is 17.5. The van der Waals surface area contributed by atoms with Gasteiger partial charge in [0, 0.05) is 25.6 Å². The standard InChI is InChI=1S/C18H25F2N3O/c1-18(19,20)10-4-5-11-22-12-8-14(9-13-22)23-16-7-3-2-6-15(16)21-17(23)24/h2-3,6-7,14H,4-5,8-13H2,1H3,(H,21,24). The lowest BCUT2D eigenvalue weighted by molar-refractivity contribution is 0.00966. The molecule has 0 radical (unpaired) electrons. The quantitative estimate of drug-likeness (QED) is 0.815. The van der Waals surface area contributed by atoms with Crippen LogP contribution in [0.25, 0.3) is 11.0 Å². The van der Waals surface area contributed by atoms with E-state index in [1.165, 1.54) is 0 Å². The number of para-hydroxylation sites is 2. The Morgan fingerprint density at radius 1 is 1.21 bits per heavy atom. The fraction of sp³-hybridized carbons (Fsp3) is 0.611. The summed E-state index contributed by atoms with van der Waals surface area (Å²) in [5.74, 6) is -2.55. The number of nitrogens with one attached hydrogen (secondary N) is 1. The molecule has 2 heterocycles. The number of likely N-dealkylation sites (tertiary alicyclic amines) is 1. The van der Waals surface area contributed by atoms with Gasteiger partial charge in [0.05, 0.1) is 11.0 Å². The van der Waals surface area contributed by atoms with Crippen molar-refractivity contribution >= 4 is 11.0 Å². The Labute approximate surface area is 140 Å². The number of aromatic nitrogens is 2. The Bertz CT molecular complexity index is 724. The molecule has 2 aromatic rings. The predicted molar refractivity (Wildman–Crippen MR) is 91.7 cm³/mol. The molecular formula is C18H25F2N3O. The number of aromatic amines is 1. The minimum absolute atomic E-state index is 0.0335. The Morgan fingerprint density at radius 3 is 2.62 bits per heavy atom. The lowest BCUT2D eigenvalue weighted by atomic mass is 10.0. The van der Waals surface area contributed by atoms with E-state index in [9.17, 15) is 13.6 Å². The van der Waals surface area contributed by atoms with Crippen molar-refractivity contribution in [1.82, 2.24) is 14.5 Å². The minimum atomic E-state index is -2.55. The molecule has 3 rings (SSSR count). The molecule has 0 saturated carbocycles. The molecule has 0 aliphatic carbocycles. The van der Waals surface area contributed by atoms with Crippen molar-refractivity contribution in [2.24, 2.45) is 0 Å². The molecule has 0 amide bonds. The first-order chi connectivity index (χ1) is 11.4. The number of H-pyrrole nitrogens is 1. The van der Waals surface area contributed by atoms with Crippen LogP contribution in [0.1, 0.15) is 45.1 Å². The van der Waals surface area contributed by atoms with Crippen molar-refractivity contribution < 1.29 is 8.78 Å². The van der Waals surface area contributed by atoms with Gasteiger partial charge in [-0.25, -0.2) is 13.6 Å². The fourth-order valence-corrected chi connectivity index (χ4v) is 3.61. The third-order valence-corrected chi connectivity index (χ3v) is 4.89. The highest BCUT2D eigenvalue weighted by molar-refractivity contribution is 5.75. The molecule has 132 valence electrons. The van der Waals surface area contributed by atoms with Gasteiger partial charge in [-0.05, 0) is 51.3 Å². The zero-order chi connectivity index (χ0) is 17.2. The third-order valence-electron chi connectivity index (χ3n) is 4.89. The van der Waals surface area contributed by atoms with Gasteiger partial charge >= 0.3 is 5.69 Å². The van der Waals surface area contributed by atoms with Crippen LogP contribution in [0.15, 0.2) is 29.1 Å². The van der Waals surface area contributed by atoms with Crippen LogP contribution in [0.4, 0.5) is 8.78 Å². The highest BCUT2D eigenvalue weighted by Crippen LogP contribution is 2.25. The molecule has 1 saturated heterocycles. The molecular weight excluding hydrogens is 312 g/mol. The van der Waals surface area contributed by atoms with E-state index < -0.39 is 5.92 Å². The lowest BCUT2D eigenvalue weighted by Gasteiger charge is -2.32. The van der Waals surface area contributed by atoms with Crippen LogP contribution in [-0.4, -0.2) is 40.0 Å². The number of nitrogens with zero attached hydrogens (tertiary/aromatic N) is 2. The summed E-state index contributed by atoms with van der Waals surface area (Å²) in [5.41, 5.74) is 1.80. The van der Waals surface area contributed by atoms with Crippen molar-refractivity contribution in [3.63, 3.8) is 0 Å². The second-order valence-electron chi connectivity index (χ2n) is 6.92. The van der Waals surface area contributed by atoms with Crippen LogP contribution in [0.5, 0.6) is 0 Å². The molecule has 1 N–H and O–H groups in total. The Hall–Kier alpha value is -1.69. The van der Waals surface area contributed by atoms with Gasteiger partial charge in [-0.1, -0.05) is 12.1 Å². The predicted octanol–water partition coefficient (Wildman–Crippen LogP) is 3.79. The number of rotatable bonds is 6. The average Bonchev–Trinajstić information content (AvgIpc) is 2.87. The van der Waals surface area contributed by atoms with Crippen molar-refractivity contribution in [3.05, 3.63) is 34.7 Å². The monoisotopic (exact) mass is 337 g/mol. The summed E-state index contributed by atoms with van der Waals surface area (Å²) < 4.78 is 27.5. The minimum Gasteiger partial charge on any atom is -0.306 e. The van der Waals surface area contributed by atoms with Gasteiger partial charge in [0.25, 0.3) is 0 Å². The van der Waals surface area contributed by atoms with E-state index in [1.54, 1.807) is 0 Å².